The minimum atomic E-state index is -3.21. The molecule has 3 N–H and O–H groups in total. The van der Waals surface area contributed by atoms with E-state index in [1.165, 1.54) is 22.8 Å². The van der Waals surface area contributed by atoms with Crippen LogP contribution in [0.4, 0.5) is 4.39 Å². The van der Waals surface area contributed by atoms with E-state index in [0.717, 1.165) is 16.8 Å². The number of aromatic hydroxyl groups is 1. The number of carbonyl (C=O) groups is 1. The lowest BCUT2D eigenvalue weighted by atomic mass is 9.90. The third kappa shape index (κ3) is 5.33. The summed E-state index contributed by atoms with van der Waals surface area (Å²) < 4.78 is 40.5. The number of phenols is 1. The molecule has 0 radical (unpaired) electrons. The van der Waals surface area contributed by atoms with Gasteiger partial charge < -0.3 is 15.5 Å². The summed E-state index contributed by atoms with van der Waals surface area (Å²) in [5.41, 5.74) is -0.691. The smallest absolute Gasteiger partial charge is 0.333 e. The number of amides is 1. The second kappa shape index (κ2) is 10.5. The number of nitrogens with one attached hydrogen (secondary N) is 1. The van der Waals surface area contributed by atoms with Crippen molar-refractivity contribution < 1.29 is 27.8 Å². The number of benzene rings is 1. The molecule has 2 aromatic heterocycles. The minimum Gasteiger partial charge on any atom is -0.507 e. The Morgan fingerprint density at radius 2 is 1.69 bits per heavy atom. The summed E-state index contributed by atoms with van der Waals surface area (Å²) >= 11 is 0. The molecule has 11 nitrogen and oxygen atoms in total. The molecule has 2 fully saturated rings. The lowest BCUT2D eigenvalue weighted by molar-refractivity contribution is 0.0919. The van der Waals surface area contributed by atoms with Crippen molar-refractivity contribution in [2.75, 3.05) is 11.5 Å². The molecule has 1 saturated heterocycles. The van der Waals surface area contributed by atoms with Crippen LogP contribution in [0.25, 0.3) is 11.0 Å². The number of halogens is 1. The first-order chi connectivity index (χ1) is 18.6. The topological polar surface area (TPSA) is 161 Å². The lowest BCUT2D eigenvalue weighted by Gasteiger charge is -2.31. The first-order valence-corrected chi connectivity index (χ1v) is 14.7. The maximum atomic E-state index is 14.1. The van der Waals surface area contributed by atoms with Gasteiger partial charge in [-0.1, -0.05) is 6.07 Å². The Labute approximate surface area is 222 Å². The van der Waals surface area contributed by atoms with Crippen molar-refractivity contribution in [2.45, 2.75) is 63.3 Å². The van der Waals surface area contributed by atoms with Gasteiger partial charge in [0.05, 0.1) is 35.3 Å². The Morgan fingerprint density at radius 1 is 1.03 bits per heavy atom. The summed E-state index contributed by atoms with van der Waals surface area (Å²) in [4.78, 5) is 43.9. The number of aromatic nitrogens is 3. The van der Waals surface area contributed by atoms with Gasteiger partial charge in [-0.2, -0.15) is 0 Å². The van der Waals surface area contributed by atoms with Gasteiger partial charge in [0, 0.05) is 18.1 Å². The number of hydrogen-bond acceptors (Lipinski definition) is 8. The number of fused-ring (bicyclic) bond motifs is 1. The summed E-state index contributed by atoms with van der Waals surface area (Å²) in [6.45, 7) is -0.278. The number of hydrogen-bond donors (Lipinski definition) is 3. The normalized spacial score (nSPS) is 21.6. The minimum absolute atomic E-state index is 0.0396. The zero-order valence-corrected chi connectivity index (χ0v) is 21.9. The zero-order valence-electron chi connectivity index (χ0n) is 21.0. The van der Waals surface area contributed by atoms with E-state index in [4.69, 9.17) is 0 Å². The molecular formula is C26H29FN4O7S. The van der Waals surface area contributed by atoms with Crippen LogP contribution in [0.15, 0.2) is 40.1 Å². The Hall–Kier alpha value is -3.58. The van der Waals surface area contributed by atoms with Gasteiger partial charge in [0.2, 0.25) is 0 Å². The summed E-state index contributed by atoms with van der Waals surface area (Å²) in [6, 6.07) is 4.05. The molecule has 0 atom stereocenters. The second-order valence-corrected chi connectivity index (χ2v) is 12.5. The highest BCUT2D eigenvalue weighted by Gasteiger charge is 2.32. The Kier molecular flexibility index (Phi) is 7.29. The molecule has 0 bridgehead atoms. The molecule has 0 unspecified atom stereocenters. The highest BCUT2D eigenvalue weighted by molar-refractivity contribution is 7.91. The molecule has 13 heteroatoms. The van der Waals surface area contributed by atoms with Gasteiger partial charge in [-0.15, -0.1) is 0 Å². The fourth-order valence-corrected chi connectivity index (χ4v) is 7.06. The van der Waals surface area contributed by atoms with E-state index in [9.17, 15) is 37.4 Å². The quantitative estimate of drug-likeness (QED) is 0.424. The monoisotopic (exact) mass is 560 g/mol. The van der Waals surface area contributed by atoms with Gasteiger partial charge in [-0.05, 0) is 62.3 Å². The molecule has 1 amide bonds. The second-order valence-electron chi connectivity index (χ2n) is 10.2. The number of aliphatic hydroxyl groups excluding tert-OH is 1. The van der Waals surface area contributed by atoms with Crippen LogP contribution in [0.5, 0.6) is 5.75 Å². The Balaban J connectivity index is 1.41. The van der Waals surface area contributed by atoms with Crippen molar-refractivity contribution >= 4 is 26.8 Å². The van der Waals surface area contributed by atoms with Gasteiger partial charge in [0.25, 0.3) is 11.5 Å². The first-order valence-electron chi connectivity index (χ1n) is 12.8. The number of pyridine rings is 1. The van der Waals surface area contributed by atoms with Crippen molar-refractivity contribution in [2.24, 2.45) is 0 Å². The molecule has 2 aliphatic rings. The van der Waals surface area contributed by atoms with Crippen LogP contribution in [-0.2, 0) is 16.4 Å². The van der Waals surface area contributed by atoms with Crippen LogP contribution in [-0.4, -0.2) is 56.2 Å². The van der Waals surface area contributed by atoms with Crippen LogP contribution in [0.1, 0.15) is 66.5 Å². The maximum Gasteiger partial charge on any atom is 0.333 e. The highest BCUT2D eigenvalue weighted by atomic mass is 32.2. The number of sulfone groups is 1. The summed E-state index contributed by atoms with van der Waals surface area (Å²) in [5.74, 6) is -1.60. The van der Waals surface area contributed by atoms with Gasteiger partial charge >= 0.3 is 5.69 Å². The van der Waals surface area contributed by atoms with Crippen molar-refractivity contribution in [3.8, 4) is 5.75 Å². The highest BCUT2D eigenvalue weighted by Crippen LogP contribution is 2.30. The average Bonchev–Trinajstić information content (AvgIpc) is 2.91. The van der Waals surface area contributed by atoms with Crippen LogP contribution in [0.3, 0.4) is 0 Å². The van der Waals surface area contributed by atoms with Gasteiger partial charge in [0.1, 0.15) is 27.1 Å². The van der Waals surface area contributed by atoms with E-state index in [2.05, 4.69) is 10.3 Å². The number of carbonyl (C=O) groups excluding carboxylic acids is 1. The van der Waals surface area contributed by atoms with Crippen molar-refractivity contribution in [1.29, 1.82) is 0 Å². The predicted octanol–water partition coefficient (Wildman–Crippen LogP) is 1.56. The van der Waals surface area contributed by atoms with Crippen LogP contribution in [0, 0.1) is 5.82 Å². The van der Waals surface area contributed by atoms with Crippen LogP contribution in [0.2, 0.25) is 0 Å². The third-order valence-corrected chi connectivity index (χ3v) is 9.41. The fraction of sp³-hybridized carbons (Fsp3) is 0.462. The molecule has 0 spiro atoms. The molecule has 208 valence electrons. The zero-order chi connectivity index (χ0) is 27.9. The van der Waals surface area contributed by atoms with Gasteiger partial charge in [0.15, 0.2) is 0 Å². The SMILES string of the molecule is O=C(NC1CCC(n2c(=O)c3cc(F)cnc3n(C3CCS(=O)(=O)CC3)c2=O)CC1)c1cc(CO)ccc1O. The van der Waals surface area contributed by atoms with Crippen LogP contribution < -0.4 is 16.6 Å². The molecular weight excluding hydrogens is 531 g/mol. The largest absolute Gasteiger partial charge is 0.507 e. The molecule has 1 aliphatic carbocycles. The summed E-state index contributed by atoms with van der Waals surface area (Å²) in [7, 11) is -3.21. The first kappa shape index (κ1) is 27.0. The molecule has 5 rings (SSSR count). The molecule has 1 saturated carbocycles. The fourth-order valence-electron chi connectivity index (χ4n) is 5.60. The van der Waals surface area contributed by atoms with Gasteiger partial charge in [-0.3, -0.25) is 18.7 Å². The Bertz CT molecular complexity index is 1650. The van der Waals surface area contributed by atoms with E-state index in [-0.39, 0.29) is 59.3 Å². The maximum absolute atomic E-state index is 14.1. The summed E-state index contributed by atoms with van der Waals surface area (Å²) in [5, 5.41) is 22.2. The molecule has 1 aliphatic heterocycles. The number of nitrogens with zero attached hydrogens (tertiary/aromatic N) is 3. The van der Waals surface area contributed by atoms with E-state index < -0.39 is 44.9 Å². The number of rotatable bonds is 5. The molecule has 3 heterocycles. The van der Waals surface area contributed by atoms with Crippen molar-refractivity contribution in [1.82, 2.24) is 19.4 Å². The van der Waals surface area contributed by atoms with Crippen LogP contribution >= 0.6 is 0 Å². The van der Waals surface area contributed by atoms with E-state index in [1.807, 2.05) is 0 Å². The average molecular weight is 561 g/mol. The molecule has 39 heavy (non-hydrogen) atoms. The lowest BCUT2D eigenvalue weighted by Crippen LogP contribution is -2.47. The summed E-state index contributed by atoms with van der Waals surface area (Å²) in [6.07, 6.45) is 2.98. The standard InChI is InChI=1S/C26H29FN4O7S/c27-16-12-21-23(28-13-16)30(19-7-9-39(37,38)10-8-19)26(36)31(25(21)35)18-4-2-17(3-5-18)29-24(34)20-11-15(14-32)1-6-22(20)33/h1,6,11-13,17-19,32-33H,2-5,7-10,14H2,(H,29,34). The van der Waals surface area contributed by atoms with E-state index >= 15 is 0 Å². The Morgan fingerprint density at radius 3 is 2.36 bits per heavy atom. The number of aliphatic hydroxyl groups is 1. The molecule has 1 aromatic carbocycles. The van der Waals surface area contributed by atoms with Crippen molar-refractivity contribution in [3.63, 3.8) is 0 Å². The number of phenolic OH excluding ortho intramolecular Hbond substituents is 1. The van der Waals surface area contributed by atoms with Crippen molar-refractivity contribution in [3.05, 3.63) is 68.2 Å². The molecule has 3 aromatic rings. The predicted molar refractivity (Wildman–Crippen MR) is 140 cm³/mol. The third-order valence-electron chi connectivity index (χ3n) is 7.70. The van der Waals surface area contributed by atoms with Gasteiger partial charge in [-0.25, -0.2) is 22.6 Å². The van der Waals surface area contributed by atoms with E-state index in [1.54, 1.807) is 0 Å². The van der Waals surface area contributed by atoms with E-state index in [0.29, 0.717) is 31.2 Å².